The normalized spacial score (nSPS) is 13.9. The molecule has 0 saturated carbocycles. The minimum atomic E-state index is -3.22. The fraction of sp³-hybridized carbons (Fsp3) is 0.500. The van der Waals surface area contributed by atoms with Crippen molar-refractivity contribution in [2.45, 2.75) is 26.3 Å². The van der Waals surface area contributed by atoms with Crippen LogP contribution in [0.2, 0.25) is 0 Å². The fourth-order valence-electron chi connectivity index (χ4n) is 1.56. The Hall–Kier alpha value is -0.940. The summed E-state index contributed by atoms with van der Waals surface area (Å²) in [6.45, 7) is 3.90. The third-order valence-corrected chi connectivity index (χ3v) is 3.27. The van der Waals surface area contributed by atoms with Gasteiger partial charge in [-0.15, -0.1) is 0 Å². The molecular formula is C12H18FNO2S. The lowest BCUT2D eigenvalue weighted by molar-refractivity contribution is 0.447. The summed E-state index contributed by atoms with van der Waals surface area (Å²) in [5.74, 6) is -0.110. The molecule has 3 nitrogen and oxygen atoms in total. The van der Waals surface area contributed by atoms with Crippen molar-refractivity contribution < 1.29 is 12.8 Å². The average molecular weight is 259 g/mol. The Morgan fingerprint density at radius 1 is 1.24 bits per heavy atom. The molecule has 0 bridgehead atoms. The summed E-state index contributed by atoms with van der Waals surface area (Å²) in [7, 11) is -3.22. The highest BCUT2D eigenvalue weighted by Gasteiger charge is 2.17. The zero-order valence-corrected chi connectivity index (χ0v) is 11.1. The van der Waals surface area contributed by atoms with Gasteiger partial charge in [-0.25, -0.2) is 17.5 Å². The van der Waals surface area contributed by atoms with E-state index in [9.17, 15) is 12.8 Å². The van der Waals surface area contributed by atoms with E-state index in [1.54, 1.807) is 12.1 Å². The van der Waals surface area contributed by atoms with Gasteiger partial charge < -0.3 is 0 Å². The van der Waals surface area contributed by atoms with Gasteiger partial charge in [0.15, 0.2) is 0 Å². The summed E-state index contributed by atoms with van der Waals surface area (Å²) >= 11 is 0. The van der Waals surface area contributed by atoms with Crippen molar-refractivity contribution >= 4 is 10.0 Å². The lowest BCUT2D eigenvalue weighted by atomic mass is 9.97. The topological polar surface area (TPSA) is 46.2 Å². The van der Waals surface area contributed by atoms with Crippen molar-refractivity contribution in [2.75, 3.05) is 6.26 Å². The van der Waals surface area contributed by atoms with Gasteiger partial charge in [-0.05, 0) is 30.0 Å². The second kappa shape index (κ2) is 5.60. The maximum atomic E-state index is 12.7. The average Bonchev–Trinajstić information content (AvgIpc) is 2.18. The number of benzene rings is 1. The van der Waals surface area contributed by atoms with Crippen LogP contribution >= 0.6 is 0 Å². The van der Waals surface area contributed by atoms with Gasteiger partial charge in [0.25, 0.3) is 0 Å². The van der Waals surface area contributed by atoms with E-state index in [-0.39, 0.29) is 17.8 Å². The molecule has 0 fully saturated rings. The highest BCUT2D eigenvalue weighted by molar-refractivity contribution is 7.88. The van der Waals surface area contributed by atoms with E-state index in [4.69, 9.17) is 0 Å². The lowest BCUT2D eigenvalue weighted by Crippen LogP contribution is -2.39. The van der Waals surface area contributed by atoms with Gasteiger partial charge in [-0.1, -0.05) is 26.0 Å². The second-order valence-corrected chi connectivity index (χ2v) is 6.35. The Bertz CT molecular complexity index is 454. The first-order valence-corrected chi connectivity index (χ1v) is 7.39. The lowest BCUT2D eigenvalue weighted by Gasteiger charge is -2.21. The van der Waals surface area contributed by atoms with Crippen LogP contribution in [0.15, 0.2) is 24.3 Å². The zero-order valence-electron chi connectivity index (χ0n) is 10.3. The molecule has 5 heteroatoms. The molecule has 1 aromatic carbocycles. The molecule has 1 aromatic rings. The molecule has 17 heavy (non-hydrogen) atoms. The summed E-state index contributed by atoms with van der Waals surface area (Å²) in [5, 5.41) is 0. The molecule has 0 aliphatic rings. The third kappa shape index (κ3) is 5.28. The van der Waals surface area contributed by atoms with E-state index in [1.165, 1.54) is 12.1 Å². The number of nitrogens with one attached hydrogen (secondary N) is 1. The summed E-state index contributed by atoms with van der Waals surface area (Å²) in [4.78, 5) is 0. The van der Waals surface area contributed by atoms with Crippen LogP contribution in [0.25, 0.3) is 0 Å². The zero-order chi connectivity index (χ0) is 13.1. The van der Waals surface area contributed by atoms with Crippen LogP contribution in [0, 0.1) is 11.7 Å². The molecule has 0 radical (unpaired) electrons. The van der Waals surface area contributed by atoms with Crippen LogP contribution in [-0.2, 0) is 16.4 Å². The minimum Gasteiger partial charge on any atom is -0.213 e. The number of rotatable bonds is 5. The van der Waals surface area contributed by atoms with E-state index in [2.05, 4.69) is 4.72 Å². The molecule has 0 heterocycles. The fourth-order valence-corrected chi connectivity index (χ4v) is 2.47. The molecular weight excluding hydrogens is 241 g/mol. The Morgan fingerprint density at radius 3 is 2.18 bits per heavy atom. The Kier molecular flexibility index (Phi) is 4.65. The van der Waals surface area contributed by atoms with Gasteiger partial charge in [0.1, 0.15) is 5.82 Å². The summed E-state index contributed by atoms with van der Waals surface area (Å²) in [6, 6.07) is 5.94. The van der Waals surface area contributed by atoms with Crippen LogP contribution in [-0.4, -0.2) is 20.7 Å². The quantitative estimate of drug-likeness (QED) is 0.878. The minimum absolute atomic E-state index is 0.171. The Labute approximate surface area is 102 Å². The molecule has 0 aromatic heterocycles. The van der Waals surface area contributed by atoms with Gasteiger partial charge in [-0.2, -0.15) is 0 Å². The first kappa shape index (κ1) is 14.1. The maximum absolute atomic E-state index is 12.7. The van der Waals surface area contributed by atoms with Crippen molar-refractivity contribution in [1.82, 2.24) is 4.72 Å². The van der Waals surface area contributed by atoms with E-state index in [1.807, 2.05) is 13.8 Å². The predicted molar refractivity (Wildman–Crippen MR) is 66.7 cm³/mol. The van der Waals surface area contributed by atoms with Crippen LogP contribution in [0.1, 0.15) is 19.4 Å². The van der Waals surface area contributed by atoms with E-state index in [0.717, 1.165) is 11.8 Å². The van der Waals surface area contributed by atoms with Gasteiger partial charge in [0, 0.05) is 6.04 Å². The number of sulfonamides is 1. The molecule has 1 rings (SSSR count). The molecule has 1 atom stereocenters. The molecule has 0 aliphatic carbocycles. The van der Waals surface area contributed by atoms with Crippen molar-refractivity contribution in [3.63, 3.8) is 0 Å². The van der Waals surface area contributed by atoms with Crippen molar-refractivity contribution in [1.29, 1.82) is 0 Å². The molecule has 0 spiro atoms. The Balaban J connectivity index is 2.77. The van der Waals surface area contributed by atoms with Crippen LogP contribution < -0.4 is 4.72 Å². The SMILES string of the molecule is CC(C)C(Cc1ccc(F)cc1)NS(C)(=O)=O. The van der Waals surface area contributed by atoms with Crippen molar-refractivity contribution in [3.05, 3.63) is 35.6 Å². The maximum Gasteiger partial charge on any atom is 0.208 e. The van der Waals surface area contributed by atoms with Gasteiger partial charge in [-0.3, -0.25) is 0 Å². The molecule has 96 valence electrons. The molecule has 1 unspecified atom stereocenters. The number of halogens is 1. The van der Waals surface area contributed by atoms with Crippen LogP contribution in [0.3, 0.4) is 0 Å². The summed E-state index contributed by atoms with van der Waals surface area (Å²) in [6.07, 6.45) is 1.71. The van der Waals surface area contributed by atoms with Crippen LogP contribution in [0.5, 0.6) is 0 Å². The third-order valence-electron chi connectivity index (χ3n) is 2.54. The van der Waals surface area contributed by atoms with Gasteiger partial charge >= 0.3 is 0 Å². The van der Waals surface area contributed by atoms with Gasteiger partial charge in [0.2, 0.25) is 10.0 Å². The molecule has 0 amide bonds. The first-order chi connectivity index (χ1) is 7.78. The van der Waals surface area contributed by atoms with Crippen LogP contribution in [0.4, 0.5) is 4.39 Å². The number of hydrogen-bond acceptors (Lipinski definition) is 2. The highest BCUT2D eigenvalue weighted by atomic mass is 32.2. The molecule has 0 saturated heterocycles. The van der Waals surface area contributed by atoms with E-state index < -0.39 is 10.0 Å². The summed E-state index contributed by atoms with van der Waals surface area (Å²) < 4.78 is 37.8. The van der Waals surface area contributed by atoms with Gasteiger partial charge in [0.05, 0.1) is 6.26 Å². The van der Waals surface area contributed by atoms with E-state index in [0.29, 0.717) is 6.42 Å². The second-order valence-electron chi connectivity index (χ2n) is 4.57. The van der Waals surface area contributed by atoms with Crippen molar-refractivity contribution in [2.24, 2.45) is 5.92 Å². The smallest absolute Gasteiger partial charge is 0.208 e. The molecule has 1 N–H and O–H groups in total. The molecule has 0 aliphatic heterocycles. The predicted octanol–water partition coefficient (Wildman–Crippen LogP) is 1.94. The summed E-state index contributed by atoms with van der Waals surface area (Å²) in [5.41, 5.74) is 0.918. The Morgan fingerprint density at radius 2 is 1.76 bits per heavy atom. The van der Waals surface area contributed by atoms with Crippen molar-refractivity contribution in [3.8, 4) is 0 Å². The number of hydrogen-bond donors (Lipinski definition) is 1. The standard InChI is InChI=1S/C12H18FNO2S/c1-9(2)12(14-17(3,15)16)8-10-4-6-11(13)7-5-10/h4-7,9,12,14H,8H2,1-3H3. The monoisotopic (exact) mass is 259 g/mol. The first-order valence-electron chi connectivity index (χ1n) is 5.49. The van der Waals surface area contributed by atoms with E-state index >= 15 is 0 Å². The largest absolute Gasteiger partial charge is 0.213 e. The highest BCUT2D eigenvalue weighted by Crippen LogP contribution is 2.12.